The number of nitrogens with zero attached hydrogens (tertiary/aromatic N) is 1. The second kappa shape index (κ2) is 4.44. The van der Waals surface area contributed by atoms with Gasteiger partial charge in [0, 0.05) is 18.8 Å². The summed E-state index contributed by atoms with van der Waals surface area (Å²) in [6.07, 6.45) is 7.36. The molecule has 0 aliphatic carbocycles. The molecule has 1 heterocycles. The lowest BCUT2D eigenvalue weighted by atomic mass is 10.2. The Balaban J connectivity index is 2.64. The summed E-state index contributed by atoms with van der Waals surface area (Å²) in [4.78, 5) is 14.8. The van der Waals surface area contributed by atoms with Crippen molar-refractivity contribution in [1.82, 2.24) is 4.98 Å². The normalized spacial score (nSPS) is 10.4. The molecule has 0 saturated heterocycles. The van der Waals surface area contributed by atoms with Crippen LogP contribution in [0.3, 0.4) is 0 Å². The van der Waals surface area contributed by atoms with Gasteiger partial charge in [0.15, 0.2) is 5.78 Å². The Morgan fingerprint density at radius 2 is 2.17 bits per heavy atom. The molecule has 62 valence electrons. The van der Waals surface area contributed by atoms with Crippen molar-refractivity contribution in [1.29, 1.82) is 0 Å². The fraction of sp³-hybridized carbons (Fsp3) is 0.200. The maximum atomic E-state index is 10.9. The maximum absolute atomic E-state index is 10.9. The van der Waals surface area contributed by atoms with Crippen molar-refractivity contribution < 1.29 is 4.79 Å². The molecule has 2 nitrogen and oxygen atoms in total. The van der Waals surface area contributed by atoms with Gasteiger partial charge in [0.1, 0.15) is 0 Å². The molecular weight excluding hydrogens is 150 g/mol. The van der Waals surface area contributed by atoms with Crippen LogP contribution in [0.15, 0.2) is 30.6 Å². The number of carbonyl (C=O) groups excluding carboxylic acids is 1. The fourth-order valence-electron chi connectivity index (χ4n) is 0.782. The summed E-state index contributed by atoms with van der Waals surface area (Å²) in [5.41, 5.74) is 1.01. The second-order valence-corrected chi connectivity index (χ2v) is 2.43. The standard InChI is InChI=1S/C10H11NO/c1-2-10(12)4-3-9-5-7-11-8-6-9/h3-8H,2H2,1H3/b4-3+. The van der Waals surface area contributed by atoms with Gasteiger partial charge >= 0.3 is 0 Å². The lowest BCUT2D eigenvalue weighted by molar-refractivity contribution is -0.114. The summed E-state index contributed by atoms with van der Waals surface area (Å²) in [5.74, 6) is 0.145. The second-order valence-electron chi connectivity index (χ2n) is 2.43. The molecule has 0 aliphatic heterocycles. The van der Waals surface area contributed by atoms with Gasteiger partial charge in [-0.3, -0.25) is 9.78 Å². The number of hydrogen-bond donors (Lipinski definition) is 0. The topological polar surface area (TPSA) is 30.0 Å². The predicted octanol–water partition coefficient (Wildman–Crippen LogP) is 2.07. The first kappa shape index (κ1) is 8.65. The van der Waals surface area contributed by atoms with Crippen LogP contribution in [-0.4, -0.2) is 10.8 Å². The van der Waals surface area contributed by atoms with Gasteiger partial charge in [-0.1, -0.05) is 13.0 Å². The molecule has 1 rings (SSSR count). The molecule has 0 unspecified atom stereocenters. The highest BCUT2D eigenvalue weighted by Gasteiger charge is 1.89. The van der Waals surface area contributed by atoms with E-state index in [1.54, 1.807) is 24.5 Å². The van der Waals surface area contributed by atoms with E-state index in [0.717, 1.165) is 5.56 Å². The molecule has 2 heteroatoms. The Morgan fingerprint density at radius 1 is 1.50 bits per heavy atom. The minimum Gasteiger partial charge on any atom is -0.295 e. The number of aromatic nitrogens is 1. The van der Waals surface area contributed by atoms with E-state index in [4.69, 9.17) is 0 Å². The molecule has 12 heavy (non-hydrogen) atoms. The largest absolute Gasteiger partial charge is 0.295 e. The van der Waals surface area contributed by atoms with E-state index in [1.807, 2.05) is 19.1 Å². The Labute approximate surface area is 71.9 Å². The van der Waals surface area contributed by atoms with Crippen LogP contribution in [0.1, 0.15) is 18.9 Å². The van der Waals surface area contributed by atoms with Crippen molar-refractivity contribution in [3.8, 4) is 0 Å². The lowest BCUT2D eigenvalue weighted by Gasteiger charge is -1.89. The van der Waals surface area contributed by atoms with Crippen LogP contribution in [0.25, 0.3) is 6.08 Å². The van der Waals surface area contributed by atoms with Crippen molar-refractivity contribution in [2.75, 3.05) is 0 Å². The van der Waals surface area contributed by atoms with Crippen LogP contribution in [0.4, 0.5) is 0 Å². The number of rotatable bonds is 3. The third kappa shape index (κ3) is 2.66. The summed E-state index contributed by atoms with van der Waals surface area (Å²) in [5, 5.41) is 0. The minimum absolute atomic E-state index is 0.145. The van der Waals surface area contributed by atoms with E-state index in [1.165, 1.54) is 0 Å². The maximum Gasteiger partial charge on any atom is 0.155 e. The minimum atomic E-state index is 0.145. The zero-order chi connectivity index (χ0) is 8.81. The zero-order valence-electron chi connectivity index (χ0n) is 7.03. The van der Waals surface area contributed by atoms with E-state index in [0.29, 0.717) is 6.42 Å². The molecule has 0 aromatic carbocycles. The summed E-state index contributed by atoms with van der Waals surface area (Å²) >= 11 is 0. The Morgan fingerprint density at radius 3 is 2.75 bits per heavy atom. The molecule has 1 aromatic rings. The lowest BCUT2D eigenvalue weighted by Crippen LogP contribution is -1.86. The summed E-state index contributed by atoms with van der Waals surface area (Å²) in [6, 6.07) is 3.72. The summed E-state index contributed by atoms with van der Waals surface area (Å²) < 4.78 is 0. The highest BCUT2D eigenvalue weighted by molar-refractivity contribution is 5.93. The van der Waals surface area contributed by atoms with E-state index < -0.39 is 0 Å². The first-order chi connectivity index (χ1) is 5.83. The van der Waals surface area contributed by atoms with Crippen molar-refractivity contribution in [2.24, 2.45) is 0 Å². The number of hydrogen-bond acceptors (Lipinski definition) is 2. The molecule has 0 amide bonds. The molecule has 0 fully saturated rings. The van der Waals surface area contributed by atoms with Crippen LogP contribution >= 0.6 is 0 Å². The molecule has 0 aliphatic rings. The van der Waals surface area contributed by atoms with E-state index in [9.17, 15) is 4.79 Å². The number of ketones is 1. The zero-order valence-corrected chi connectivity index (χ0v) is 7.03. The Hall–Kier alpha value is -1.44. The monoisotopic (exact) mass is 161 g/mol. The van der Waals surface area contributed by atoms with Crippen LogP contribution in [0.5, 0.6) is 0 Å². The van der Waals surface area contributed by atoms with Gasteiger partial charge < -0.3 is 0 Å². The number of allylic oxidation sites excluding steroid dienone is 1. The van der Waals surface area contributed by atoms with Crippen molar-refractivity contribution in [3.63, 3.8) is 0 Å². The van der Waals surface area contributed by atoms with Crippen molar-refractivity contribution in [2.45, 2.75) is 13.3 Å². The smallest absolute Gasteiger partial charge is 0.155 e. The van der Waals surface area contributed by atoms with Gasteiger partial charge in [0.2, 0.25) is 0 Å². The Bertz CT molecular complexity index is 277. The molecule has 0 bridgehead atoms. The van der Waals surface area contributed by atoms with E-state index >= 15 is 0 Å². The van der Waals surface area contributed by atoms with Gasteiger partial charge in [-0.2, -0.15) is 0 Å². The molecule has 0 radical (unpaired) electrons. The van der Waals surface area contributed by atoms with Crippen molar-refractivity contribution in [3.05, 3.63) is 36.2 Å². The first-order valence-corrected chi connectivity index (χ1v) is 3.94. The van der Waals surface area contributed by atoms with E-state index in [2.05, 4.69) is 4.98 Å². The highest BCUT2D eigenvalue weighted by atomic mass is 16.1. The Kier molecular flexibility index (Phi) is 3.20. The predicted molar refractivity (Wildman–Crippen MR) is 48.6 cm³/mol. The van der Waals surface area contributed by atoms with Gasteiger partial charge in [0.05, 0.1) is 0 Å². The average molecular weight is 161 g/mol. The number of pyridine rings is 1. The van der Waals surface area contributed by atoms with Crippen LogP contribution in [-0.2, 0) is 4.79 Å². The summed E-state index contributed by atoms with van der Waals surface area (Å²) in [6.45, 7) is 1.85. The molecular formula is C10H11NO. The molecule has 0 saturated carbocycles. The third-order valence-electron chi connectivity index (χ3n) is 1.52. The van der Waals surface area contributed by atoms with Crippen LogP contribution in [0.2, 0.25) is 0 Å². The first-order valence-electron chi connectivity index (χ1n) is 3.94. The highest BCUT2D eigenvalue weighted by Crippen LogP contribution is 1.99. The average Bonchev–Trinajstić information content (AvgIpc) is 2.16. The SMILES string of the molecule is CCC(=O)/C=C/c1ccncc1. The summed E-state index contributed by atoms with van der Waals surface area (Å²) in [7, 11) is 0. The van der Waals surface area contributed by atoms with Crippen molar-refractivity contribution >= 4 is 11.9 Å². The number of carbonyl (C=O) groups is 1. The molecule has 0 atom stereocenters. The van der Waals surface area contributed by atoms with Gasteiger partial charge in [-0.25, -0.2) is 0 Å². The third-order valence-corrected chi connectivity index (χ3v) is 1.52. The van der Waals surface area contributed by atoms with Gasteiger partial charge in [-0.05, 0) is 23.8 Å². The van der Waals surface area contributed by atoms with Crippen LogP contribution < -0.4 is 0 Å². The van der Waals surface area contributed by atoms with Gasteiger partial charge in [0.25, 0.3) is 0 Å². The molecule has 1 aromatic heterocycles. The molecule has 0 N–H and O–H groups in total. The fourth-order valence-corrected chi connectivity index (χ4v) is 0.782. The van der Waals surface area contributed by atoms with Crippen LogP contribution in [0, 0.1) is 0 Å². The quantitative estimate of drug-likeness (QED) is 0.635. The van der Waals surface area contributed by atoms with Gasteiger partial charge in [-0.15, -0.1) is 0 Å². The van der Waals surface area contributed by atoms with E-state index in [-0.39, 0.29) is 5.78 Å². The molecule has 0 spiro atoms.